The predicted molar refractivity (Wildman–Crippen MR) is 78.3 cm³/mol. The van der Waals surface area contributed by atoms with Gasteiger partial charge in [0.1, 0.15) is 5.76 Å². The van der Waals surface area contributed by atoms with Crippen LogP contribution in [0.1, 0.15) is 21.9 Å². The van der Waals surface area contributed by atoms with Crippen LogP contribution in [-0.4, -0.2) is 12.5 Å². The topological polar surface area (TPSA) is 68.3 Å². The van der Waals surface area contributed by atoms with Crippen LogP contribution in [0, 0.1) is 6.92 Å². The lowest BCUT2D eigenvalue weighted by atomic mass is 10.2. The minimum absolute atomic E-state index is 0.259. The monoisotopic (exact) mass is 322 g/mol. The molecule has 0 radical (unpaired) electrons. The van der Waals surface area contributed by atoms with Gasteiger partial charge in [-0.15, -0.1) is 0 Å². The minimum atomic E-state index is -0.259. The summed E-state index contributed by atoms with van der Waals surface area (Å²) in [6, 6.07) is 9.05. The van der Waals surface area contributed by atoms with Crippen molar-refractivity contribution >= 4 is 27.5 Å². The van der Waals surface area contributed by atoms with Crippen LogP contribution in [0.5, 0.6) is 0 Å². The smallest absolute Gasteiger partial charge is 0.291 e. The number of carbonyl (C=O) groups excluding carboxylic acids is 1. The van der Waals surface area contributed by atoms with E-state index in [4.69, 9.17) is 10.2 Å². The van der Waals surface area contributed by atoms with Crippen LogP contribution >= 0.6 is 15.9 Å². The number of benzene rings is 1. The van der Waals surface area contributed by atoms with Crippen molar-refractivity contribution in [3.05, 3.63) is 51.9 Å². The lowest BCUT2D eigenvalue weighted by molar-refractivity contribution is 0.0995. The first-order chi connectivity index (χ1) is 9.10. The summed E-state index contributed by atoms with van der Waals surface area (Å²) in [4.78, 5) is 12.0. The van der Waals surface area contributed by atoms with Crippen molar-refractivity contribution < 1.29 is 9.21 Å². The van der Waals surface area contributed by atoms with E-state index in [1.54, 1.807) is 12.1 Å². The van der Waals surface area contributed by atoms with Gasteiger partial charge < -0.3 is 15.5 Å². The highest BCUT2D eigenvalue weighted by atomic mass is 79.9. The molecule has 2 rings (SSSR count). The Bertz CT molecular complexity index is 593. The van der Waals surface area contributed by atoms with Gasteiger partial charge in [-0.1, -0.05) is 15.9 Å². The predicted octanol–water partition coefficient (Wildman–Crippen LogP) is 3.10. The fraction of sp³-hybridized carbons (Fsp3) is 0.214. The van der Waals surface area contributed by atoms with Gasteiger partial charge in [0.05, 0.1) is 0 Å². The van der Waals surface area contributed by atoms with E-state index in [9.17, 15) is 4.79 Å². The molecule has 5 heteroatoms. The summed E-state index contributed by atoms with van der Waals surface area (Å²) in [5.41, 5.74) is 7.23. The van der Waals surface area contributed by atoms with Crippen LogP contribution in [0.25, 0.3) is 0 Å². The van der Waals surface area contributed by atoms with Crippen molar-refractivity contribution in [3.8, 4) is 0 Å². The van der Waals surface area contributed by atoms with Gasteiger partial charge in [0.15, 0.2) is 5.76 Å². The van der Waals surface area contributed by atoms with Crippen molar-refractivity contribution in [1.82, 2.24) is 0 Å². The number of hydrogen-bond donors (Lipinski definition) is 2. The summed E-state index contributed by atoms with van der Waals surface area (Å²) < 4.78 is 6.42. The van der Waals surface area contributed by atoms with Gasteiger partial charge in [0.2, 0.25) is 0 Å². The Hall–Kier alpha value is -1.59. The first-order valence-electron chi connectivity index (χ1n) is 5.96. The fourth-order valence-electron chi connectivity index (χ4n) is 1.69. The molecule has 1 aromatic heterocycles. The van der Waals surface area contributed by atoms with Crippen LogP contribution in [-0.2, 0) is 6.42 Å². The van der Waals surface area contributed by atoms with E-state index < -0.39 is 0 Å². The van der Waals surface area contributed by atoms with Crippen molar-refractivity contribution in [2.24, 2.45) is 5.73 Å². The van der Waals surface area contributed by atoms with E-state index in [1.807, 2.05) is 25.1 Å². The molecule has 0 aliphatic carbocycles. The second-order valence-electron chi connectivity index (χ2n) is 4.22. The third-order valence-corrected chi connectivity index (χ3v) is 3.58. The molecule has 100 valence electrons. The highest BCUT2D eigenvalue weighted by Gasteiger charge is 2.11. The van der Waals surface area contributed by atoms with Gasteiger partial charge in [0, 0.05) is 16.6 Å². The molecule has 0 fully saturated rings. The Labute approximate surface area is 120 Å². The number of carbonyl (C=O) groups is 1. The van der Waals surface area contributed by atoms with Gasteiger partial charge >= 0.3 is 0 Å². The highest BCUT2D eigenvalue weighted by Crippen LogP contribution is 2.20. The molecule has 0 aliphatic heterocycles. The summed E-state index contributed by atoms with van der Waals surface area (Å²) in [6.45, 7) is 2.46. The maximum absolute atomic E-state index is 12.0. The van der Waals surface area contributed by atoms with Crippen molar-refractivity contribution in [2.45, 2.75) is 13.3 Å². The van der Waals surface area contributed by atoms with Gasteiger partial charge in [-0.25, -0.2) is 0 Å². The van der Waals surface area contributed by atoms with Gasteiger partial charge in [-0.2, -0.15) is 0 Å². The zero-order chi connectivity index (χ0) is 13.8. The average Bonchev–Trinajstić information content (AvgIpc) is 2.83. The summed E-state index contributed by atoms with van der Waals surface area (Å²) in [5, 5.41) is 2.80. The second kappa shape index (κ2) is 6.04. The van der Waals surface area contributed by atoms with Gasteiger partial charge in [-0.3, -0.25) is 4.79 Å². The molecule has 0 spiro atoms. The number of furan rings is 1. The van der Waals surface area contributed by atoms with Gasteiger partial charge in [-0.05, 0) is 49.4 Å². The first-order valence-corrected chi connectivity index (χ1v) is 6.75. The van der Waals surface area contributed by atoms with Crippen LogP contribution in [0.4, 0.5) is 5.69 Å². The molecule has 0 bridgehead atoms. The molecule has 1 heterocycles. The van der Waals surface area contributed by atoms with Crippen LogP contribution < -0.4 is 11.1 Å². The molecule has 1 aromatic carbocycles. The third-order valence-electron chi connectivity index (χ3n) is 2.69. The Morgan fingerprint density at radius 2 is 2.16 bits per heavy atom. The molecule has 0 atom stereocenters. The third kappa shape index (κ3) is 3.45. The van der Waals surface area contributed by atoms with E-state index >= 15 is 0 Å². The molecule has 1 amide bonds. The molecule has 19 heavy (non-hydrogen) atoms. The number of nitrogens with two attached hydrogens (primary N) is 1. The molecule has 0 unspecified atom stereocenters. The summed E-state index contributed by atoms with van der Waals surface area (Å²) >= 11 is 3.42. The number of hydrogen-bond acceptors (Lipinski definition) is 3. The lowest BCUT2D eigenvalue weighted by Gasteiger charge is -2.05. The standard InChI is InChI=1S/C14H15BrN2O2/c1-9-8-10(2-4-12(9)15)17-14(18)13-5-3-11(19-13)6-7-16/h2-5,8H,6-7,16H2,1H3,(H,17,18). The van der Waals surface area contributed by atoms with E-state index in [-0.39, 0.29) is 5.91 Å². The van der Waals surface area contributed by atoms with E-state index in [2.05, 4.69) is 21.2 Å². The largest absolute Gasteiger partial charge is 0.456 e. The number of halogens is 1. The average molecular weight is 323 g/mol. The zero-order valence-corrected chi connectivity index (χ0v) is 12.2. The molecule has 0 aliphatic rings. The van der Waals surface area contributed by atoms with E-state index in [0.29, 0.717) is 18.7 Å². The lowest BCUT2D eigenvalue weighted by Crippen LogP contribution is -2.11. The number of anilines is 1. The van der Waals surface area contributed by atoms with Crippen molar-refractivity contribution in [3.63, 3.8) is 0 Å². The van der Waals surface area contributed by atoms with E-state index in [0.717, 1.165) is 21.5 Å². The Balaban J connectivity index is 2.09. The fourth-order valence-corrected chi connectivity index (χ4v) is 1.94. The molecule has 4 nitrogen and oxygen atoms in total. The Morgan fingerprint density at radius 1 is 1.37 bits per heavy atom. The zero-order valence-electron chi connectivity index (χ0n) is 10.6. The summed E-state index contributed by atoms with van der Waals surface area (Å²) in [6.07, 6.45) is 0.630. The summed E-state index contributed by atoms with van der Waals surface area (Å²) in [5.74, 6) is 0.758. The molecular weight excluding hydrogens is 308 g/mol. The number of rotatable bonds is 4. The van der Waals surface area contributed by atoms with Crippen LogP contribution in [0.3, 0.4) is 0 Å². The van der Waals surface area contributed by atoms with Crippen LogP contribution in [0.2, 0.25) is 0 Å². The van der Waals surface area contributed by atoms with Crippen LogP contribution in [0.15, 0.2) is 39.2 Å². The first kappa shape index (κ1) is 13.8. The Kier molecular flexibility index (Phi) is 4.39. The maximum atomic E-state index is 12.0. The number of aryl methyl sites for hydroxylation is 1. The maximum Gasteiger partial charge on any atom is 0.291 e. The number of nitrogens with one attached hydrogen (secondary N) is 1. The minimum Gasteiger partial charge on any atom is -0.456 e. The van der Waals surface area contributed by atoms with Crippen molar-refractivity contribution in [1.29, 1.82) is 0 Å². The Morgan fingerprint density at radius 3 is 2.84 bits per heavy atom. The second-order valence-corrected chi connectivity index (χ2v) is 5.08. The molecule has 0 saturated carbocycles. The SMILES string of the molecule is Cc1cc(NC(=O)c2ccc(CCN)o2)ccc1Br. The normalized spacial score (nSPS) is 10.5. The molecule has 0 saturated heterocycles. The number of amides is 1. The molecule has 2 aromatic rings. The van der Waals surface area contributed by atoms with Crippen molar-refractivity contribution in [2.75, 3.05) is 11.9 Å². The van der Waals surface area contributed by atoms with Gasteiger partial charge in [0.25, 0.3) is 5.91 Å². The summed E-state index contributed by atoms with van der Waals surface area (Å²) in [7, 11) is 0. The quantitative estimate of drug-likeness (QED) is 0.908. The van der Waals surface area contributed by atoms with E-state index in [1.165, 1.54) is 0 Å². The molecular formula is C14H15BrN2O2. The molecule has 3 N–H and O–H groups in total. The highest BCUT2D eigenvalue weighted by molar-refractivity contribution is 9.10.